The molecule has 0 aliphatic rings. The van der Waals surface area contributed by atoms with E-state index in [0.29, 0.717) is 10.9 Å². The van der Waals surface area contributed by atoms with Gasteiger partial charge >= 0.3 is 0 Å². The number of guanidine groups is 1. The van der Waals surface area contributed by atoms with Crippen LogP contribution in [-0.4, -0.2) is 65.3 Å². The molecule has 0 amide bonds. The van der Waals surface area contributed by atoms with Crippen LogP contribution in [0.4, 0.5) is 0 Å². The normalized spacial score (nSPS) is 12.7. The molecule has 0 saturated carbocycles. The lowest BCUT2D eigenvalue weighted by molar-refractivity contribution is 0.278. The van der Waals surface area contributed by atoms with Gasteiger partial charge in [0.1, 0.15) is 0 Å². The molecule has 136 valence electrons. The molecule has 2 N–H and O–H groups in total. The van der Waals surface area contributed by atoms with Crippen molar-refractivity contribution in [1.29, 1.82) is 0 Å². The fourth-order valence-electron chi connectivity index (χ4n) is 2.06. The van der Waals surface area contributed by atoms with Crippen molar-refractivity contribution in [1.82, 2.24) is 15.5 Å². The number of nitrogens with zero attached hydrogens (tertiary/aromatic N) is 2. The van der Waals surface area contributed by atoms with Gasteiger partial charge < -0.3 is 15.5 Å². The first-order valence-electron chi connectivity index (χ1n) is 8.17. The number of sulfone groups is 1. The van der Waals surface area contributed by atoms with Crippen molar-refractivity contribution in [2.24, 2.45) is 4.99 Å². The van der Waals surface area contributed by atoms with E-state index in [0.717, 1.165) is 37.6 Å². The molecule has 0 aliphatic heterocycles. The first-order chi connectivity index (χ1) is 11.2. The molecule has 0 unspecified atom stereocenters. The van der Waals surface area contributed by atoms with Gasteiger partial charge in [-0.2, -0.15) is 0 Å². The lowest BCUT2D eigenvalue weighted by atomic mass is 10.1. The number of nitrogens with one attached hydrogen (secondary N) is 2. The lowest BCUT2D eigenvalue weighted by Crippen LogP contribution is -2.42. The van der Waals surface area contributed by atoms with Gasteiger partial charge in [-0.05, 0) is 45.0 Å². The number of benzene rings is 1. The van der Waals surface area contributed by atoms with E-state index in [4.69, 9.17) is 0 Å². The number of likely N-dealkylation sites (N-methyl/N-ethyl adjacent to an activating group) is 1. The van der Waals surface area contributed by atoms with E-state index in [1.54, 1.807) is 19.2 Å². The summed E-state index contributed by atoms with van der Waals surface area (Å²) in [4.78, 5) is 6.82. The van der Waals surface area contributed by atoms with Gasteiger partial charge in [-0.1, -0.05) is 12.1 Å². The summed E-state index contributed by atoms with van der Waals surface area (Å²) < 4.78 is 22.9. The summed E-state index contributed by atoms with van der Waals surface area (Å²) >= 11 is 0. The van der Waals surface area contributed by atoms with Crippen LogP contribution in [0.3, 0.4) is 0 Å². The van der Waals surface area contributed by atoms with Crippen LogP contribution in [0.2, 0.25) is 0 Å². The zero-order chi connectivity index (χ0) is 18.2. The Balaban J connectivity index is 2.37. The first-order valence-corrected chi connectivity index (χ1v) is 10.1. The number of aliphatic imine (C=N–C) groups is 1. The van der Waals surface area contributed by atoms with Crippen LogP contribution in [0.1, 0.15) is 19.4 Å². The van der Waals surface area contributed by atoms with Crippen LogP contribution in [-0.2, 0) is 16.3 Å². The molecule has 0 saturated heterocycles. The van der Waals surface area contributed by atoms with E-state index < -0.39 is 9.84 Å². The average molecular weight is 355 g/mol. The molecule has 6 nitrogen and oxygen atoms in total. The Kier molecular flexibility index (Phi) is 8.21. The van der Waals surface area contributed by atoms with Crippen molar-refractivity contribution in [2.75, 3.05) is 40.0 Å². The molecule has 1 aromatic rings. The Morgan fingerprint density at radius 1 is 1.17 bits per heavy atom. The predicted octanol–water partition coefficient (Wildman–Crippen LogP) is 1.14. The second-order valence-electron chi connectivity index (χ2n) is 6.17. The molecule has 0 atom stereocenters. The summed E-state index contributed by atoms with van der Waals surface area (Å²) in [6.45, 7) is 6.85. The lowest BCUT2D eigenvalue weighted by Gasteiger charge is -2.21. The third kappa shape index (κ3) is 7.31. The zero-order valence-electron chi connectivity index (χ0n) is 15.3. The monoisotopic (exact) mass is 354 g/mol. The predicted molar refractivity (Wildman–Crippen MR) is 100 cm³/mol. The molecule has 0 bridgehead atoms. The summed E-state index contributed by atoms with van der Waals surface area (Å²) in [6, 6.07) is 7.54. The summed E-state index contributed by atoms with van der Waals surface area (Å²) in [7, 11) is 0.722. The average Bonchev–Trinajstić information content (AvgIpc) is 2.52. The first kappa shape index (κ1) is 20.4. The highest BCUT2D eigenvalue weighted by atomic mass is 32.2. The maximum absolute atomic E-state index is 11.4. The molecule has 0 radical (unpaired) electrons. The highest BCUT2D eigenvalue weighted by Gasteiger charge is 2.06. The molecule has 24 heavy (non-hydrogen) atoms. The molecule has 0 heterocycles. The molecule has 7 heteroatoms. The van der Waals surface area contributed by atoms with Gasteiger partial charge in [0.25, 0.3) is 0 Å². The quantitative estimate of drug-likeness (QED) is 0.541. The second-order valence-corrected chi connectivity index (χ2v) is 8.18. The van der Waals surface area contributed by atoms with E-state index in [1.807, 2.05) is 12.1 Å². The number of hydrogen-bond donors (Lipinski definition) is 2. The Morgan fingerprint density at radius 2 is 1.75 bits per heavy atom. The summed E-state index contributed by atoms with van der Waals surface area (Å²) in [5, 5.41) is 6.56. The Bertz CT molecular complexity index is 624. The van der Waals surface area contributed by atoms with E-state index in [-0.39, 0.29) is 0 Å². The smallest absolute Gasteiger partial charge is 0.191 e. The Morgan fingerprint density at radius 3 is 2.25 bits per heavy atom. The van der Waals surface area contributed by atoms with Crippen molar-refractivity contribution in [2.45, 2.75) is 31.2 Å². The van der Waals surface area contributed by atoms with Crippen molar-refractivity contribution in [3.63, 3.8) is 0 Å². The third-order valence-corrected chi connectivity index (χ3v) is 5.05. The summed E-state index contributed by atoms with van der Waals surface area (Å²) in [6.07, 6.45) is 2.02. The van der Waals surface area contributed by atoms with Gasteiger partial charge in [0.2, 0.25) is 0 Å². The fourth-order valence-corrected chi connectivity index (χ4v) is 2.69. The van der Waals surface area contributed by atoms with Crippen molar-refractivity contribution < 1.29 is 8.42 Å². The van der Waals surface area contributed by atoms with Gasteiger partial charge in [0.05, 0.1) is 4.90 Å². The molecule has 0 spiro atoms. The zero-order valence-corrected chi connectivity index (χ0v) is 16.2. The third-order valence-electron chi connectivity index (χ3n) is 3.92. The van der Waals surface area contributed by atoms with Crippen LogP contribution >= 0.6 is 0 Å². The molecule has 0 aromatic heterocycles. The highest BCUT2D eigenvalue weighted by molar-refractivity contribution is 7.90. The SMILES string of the molecule is CN=C(NCCc1ccc(S(C)(=O)=O)cc1)NCCN(C)C(C)C. The van der Waals surface area contributed by atoms with Gasteiger partial charge in [-0.25, -0.2) is 8.42 Å². The molecular weight excluding hydrogens is 324 g/mol. The van der Waals surface area contributed by atoms with Gasteiger partial charge in [0, 0.05) is 39.0 Å². The van der Waals surface area contributed by atoms with Crippen LogP contribution in [0.15, 0.2) is 34.2 Å². The minimum Gasteiger partial charge on any atom is -0.356 e. The van der Waals surface area contributed by atoms with Gasteiger partial charge in [-0.15, -0.1) is 0 Å². The number of rotatable bonds is 8. The minimum absolute atomic E-state index is 0.353. The van der Waals surface area contributed by atoms with E-state index >= 15 is 0 Å². The highest BCUT2D eigenvalue weighted by Crippen LogP contribution is 2.10. The van der Waals surface area contributed by atoms with Crippen LogP contribution in [0.5, 0.6) is 0 Å². The summed E-state index contributed by atoms with van der Waals surface area (Å²) in [5.41, 5.74) is 1.09. The topological polar surface area (TPSA) is 73.8 Å². The maximum Gasteiger partial charge on any atom is 0.191 e. The van der Waals surface area contributed by atoms with Crippen molar-refractivity contribution >= 4 is 15.8 Å². The standard InChI is InChI=1S/C17H30N4O2S/c1-14(2)21(4)13-12-20-17(18-3)19-11-10-15-6-8-16(9-7-15)24(5,22)23/h6-9,14H,10-13H2,1-5H3,(H2,18,19,20). The van der Waals surface area contributed by atoms with Crippen molar-refractivity contribution in [3.05, 3.63) is 29.8 Å². The molecule has 1 rings (SSSR count). The molecule has 1 aromatic carbocycles. The molecule has 0 fully saturated rings. The Hall–Kier alpha value is -1.60. The van der Waals surface area contributed by atoms with Crippen LogP contribution in [0, 0.1) is 0 Å². The van der Waals surface area contributed by atoms with E-state index in [2.05, 4.69) is 41.4 Å². The Labute approximate surface area is 146 Å². The minimum atomic E-state index is -3.13. The molecule has 0 aliphatic carbocycles. The summed E-state index contributed by atoms with van der Waals surface area (Å²) in [5.74, 6) is 0.778. The molecular formula is C17H30N4O2S. The largest absolute Gasteiger partial charge is 0.356 e. The maximum atomic E-state index is 11.4. The van der Waals surface area contributed by atoms with Gasteiger partial charge in [-0.3, -0.25) is 4.99 Å². The van der Waals surface area contributed by atoms with E-state index in [9.17, 15) is 8.42 Å². The van der Waals surface area contributed by atoms with E-state index in [1.165, 1.54) is 6.26 Å². The number of hydrogen-bond acceptors (Lipinski definition) is 4. The second kappa shape index (κ2) is 9.64. The van der Waals surface area contributed by atoms with Crippen LogP contribution < -0.4 is 10.6 Å². The van der Waals surface area contributed by atoms with Gasteiger partial charge in [0.15, 0.2) is 15.8 Å². The fraction of sp³-hybridized carbons (Fsp3) is 0.588. The van der Waals surface area contributed by atoms with Crippen LogP contribution in [0.25, 0.3) is 0 Å². The van der Waals surface area contributed by atoms with Crippen molar-refractivity contribution in [3.8, 4) is 0 Å².